The van der Waals surface area contributed by atoms with Crippen molar-refractivity contribution in [1.82, 2.24) is 5.32 Å². The molecule has 0 aromatic heterocycles. The molecule has 1 aliphatic rings. The van der Waals surface area contributed by atoms with Crippen molar-refractivity contribution in [2.45, 2.75) is 31.8 Å². The lowest BCUT2D eigenvalue weighted by atomic mass is 9.95. The molecule has 1 aromatic carbocycles. The second-order valence-electron chi connectivity index (χ2n) is 5.44. The van der Waals surface area contributed by atoms with Crippen LogP contribution in [0.1, 0.15) is 30.6 Å². The molecule has 1 heterocycles. The maximum Gasteiger partial charge on any atom is 0.339 e. The number of esters is 1. The third-order valence-electron chi connectivity index (χ3n) is 4.14. The van der Waals surface area contributed by atoms with Gasteiger partial charge in [-0.05, 0) is 39.4 Å². The maximum atomic E-state index is 11.9. The number of nitrogens with zero attached hydrogens (tertiary/aromatic N) is 1. The van der Waals surface area contributed by atoms with Gasteiger partial charge in [0, 0.05) is 18.1 Å². The summed E-state index contributed by atoms with van der Waals surface area (Å²) >= 11 is 0. The molecular formula is C15H22N2O2. The van der Waals surface area contributed by atoms with Crippen molar-refractivity contribution in [2.75, 3.05) is 25.6 Å². The minimum Gasteiger partial charge on any atom is -0.465 e. The van der Waals surface area contributed by atoms with Crippen LogP contribution in [0.5, 0.6) is 0 Å². The number of para-hydroxylation sites is 1. The number of rotatable bonds is 3. The zero-order chi connectivity index (χ0) is 14.0. The van der Waals surface area contributed by atoms with Crippen molar-refractivity contribution in [1.29, 1.82) is 0 Å². The third-order valence-corrected chi connectivity index (χ3v) is 4.14. The van der Waals surface area contributed by atoms with E-state index in [4.69, 9.17) is 4.74 Å². The second kappa shape index (κ2) is 5.21. The van der Waals surface area contributed by atoms with Crippen molar-refractivity contribution in [3.8, 4) is 0 Å². The quantitative estimate of drug-likeness (QED) is 0.847. The van der Waals surface area contributed by atoms with Crippen molar-refractivity contribution >= 4 is 11.7 Å². The van der Waals surface area contributed by atoms with Gasteiger partial charge in [-0.15, -0.1) is 0 Å². The normalized spacial score (nSPS) is 21.5. The van der Waals surface area contributed by atoms with E-state index < -0.39 is 0 Å². The van der Waals surface area contributed by atoms with Crippen LogP contribution in [0, 0.1) is 0 Å². The molecule has 1 fully saturated rings. The summed E-state index contributed by atoms with van der Waals surface area (Å²) in [6.07, 6.45) is 1.07. The van der Waals surface area contributed by atoms with Crippen molar-refractivity contribution in [2.24, 2.45) is 0 Å². The molecule has 1 aliphatic heterocycles. The van der Waals surface area contributed by atoms with E-state index in [0.717, 1.165) is 18.7 Å². The molecule has 1 N–H and O–H groups in total. The highest BCUT2D eigenvalue weighted by molar-refractivity contribution is 5.96. The topological polar surface area (TPSA) is 41.6 Å². The van der Waals surface area contributed by atoms with E-state index in [2.05, 4.69) is 24.1 Å². The predicted molar refractivity (Wildman–Crippen MR) is 76.7 cm³/mol. The number of carbonyl (C=O) groups is 1. The first-order valence-electron chi connectivity index (χ1n) is 6.64. The summed E-state index contributed by atoms with van der Waals surface area (Å²) in [6.45, 7) is 5.34. The number of carbonyl (C=O) groups excluding carboxylic acids is 1. The fourth-order valence-corrected chi connectivity index (χ4v) is 3.01. The van der Waals surface area contributed by atoms with Gasteiger partial charge in [0.25, 0.3) is 0 Å². The Kier molecular flexibility index (Phi) is 3.80. The number of hydrogen-bond acceptors (Lipinski definition) is 4. The van der Waals surface area contributed by atoms with Crippen molar-refractivity contribution in [3.63, 3.8) is 0 Å². The van der Waals surface area contributed by atoms with E-state index >= 15 is 0 Å². The maximum absolute atomic E-state index is 11.9. The monoisotopic (exact) mass is 262 g/mol. The molecule has 1 atom stereocenters. The summed E-state index contributed by atoms with van der Waals surface area (Å²) in [5.41, 5.74) is 1.56. The second-order valence-corrected chi connectivity index (χ2v) is 5.44. The van der Waals surface area contributed by atoms with Gasteiger partial charge in [0.1, 0.15) is 0 Å². The molecule has 104 valence electrons. The van der Waals surface area contributed by atoms with Crippen LogP contribution in [0.3, 0.4) is 0 Å². The van der Waals surface area contributed by atoms with Crippen LogP contribution in [0.2, 0.25) is 0 Å². The lowest BCUT2D eigenvalue weighted by Crippen LogP contribution is -2.50. The molecule has 0 bridgehead atoms. The Morgan fingerprint density at radius 2 is 2.11 bits per heavy atom. The minimum absolute atomic E-state index is 0.0289. The molecular weight excluding hydrogens is 240 g/mol. The van der Waals surface area contributed by atoms with E-state index in [1.807, 2.05) is 31.3 Å². The van der Waals surface area contributed by atoms with E-state index in [1.165, 1.54) is 7.11 Å². The molecule has 0 aliphatic carbocycles. The number of anilines is 1. The molecule has 1 unspecified atom stereocenters. The van der Waals surface area contributed by atoms with Gasteiger partial charge in [0.15, 0.2) is 0 Å². The number of likely N-dealkylation sites (N-methyl/N-ethyl adjacent to an activating group) is 1. The van der Waals surface area contributed by atoms with E-state index in [-0.39, 0.29) is 11.5 Å². The van der Waals surface area contributed by atoms with Gasteiger partial charge in [-0.1, -0.05) is 12.1 Å². The van der Waals surface area contributed by atoms with Crippen LogP contribution < -0.4 is 10.2 Å². The van der Waals surface area contributed by atoms with Gasteiger partial charge >= 0.3 is 5.97 Å². The Hall–Kier alpha value is -1.55. The Morgan fingerprint density at radius 1 is 1.42 bits per heavy atom. The minimum atomic E-state index is -0.278. The van der Waals surface area contributed by atoms with E-state index in [0.29, 0.717) is 11.6 Å². The highest BCUT2D eigenvalue weighted by Crippen LogP contribution is 2.35. The first-order chi connectivity index (χ1) is 9.02. The average molecular weight is 262 g/mol. The van der Waals surface area contributed by atoms with Crippen LogP contribution in [-0.4, -0.2) is 38.3 Å². The highest BCUT2D eigenvalue weighted by Gasteiger charge is 2.41. The van der Waals surface area contributed by atoms with Crippen LogP contribution in [0.15, 0.2) is 24.3 Å². The molecule has 4 nitrogen and oxygen atoms in total. The van der Waals surface area contributed by atoms with Gasteiger partial charge in [-0.2, -0.15) is 0 Å². The molecule has 19 heavy (non-hydrogen) atoms. The molecule has 1 aromatic rings. The lowest BCUT2D eigenvalue weighted by Gasteiger charge is -2.38. The number of ether oxygens (including phenoxy) is 1. The standard InChI is InChI=1S/C15H22N2O2/c1-15(2)13(16-3)9-10-17(15)12-8-6-5-7-11(12)14(18)19-4/h5-8,13,16H,9-10H2,1-4H3. The number of benzene rings is 1. The largest absolute Gasteiger partial charge is 0.465 e. The van der Waals surface area contributed by atoms with Gasteiger partial charge in [-0.3, -0.25) is 0 Å². The molecule has 4 heteroatoms. The molecule has 0 amide bonds. The zero-order valence-electron chi connectivity index (χ0n) is 12.1. The lowest BCUT2D eigenvalue weighted by molar-refractivity contribution is 0.0601. The Labute approximate surface area is 114 Å². The highest BCUT2D eigenvalue weighted by atomic mass is 16.5. The summed E-state index contributed by atoms with van der Waals surface area (Å²) in [7, 11) is 3.41. The summed E-state index contributed by atoms with van der Waals surface area (Å²) in [6, 6.07) is 8.06. The van der Waals surface area contributed by atoms with E-state index in [1.54, 1.807) is 0 Å². The number of hydrogen-bond donors (Lipinski definition) is 1. The summed E-state index contributed by atoms with van der Waals surface area (Å²) in [4.78, 5) is 14.2. The summed E-state index contributed by atoms with van der Waals surface area (Å²) in [5, 5.41) is 3.36. The smallest absolute Gasteiger partial charge is 0.339 e. The zero-order valence-corrected chi connectivity index (χ0v) is 12.1. The predicted octanol–water partition coefficient (Wildman–Crippen LogP) is 2.05. The Bertz CT molecular complexity index is 471. The molecule has 0 saturated carbocycles. The summed E-state index contributed by atoms with van der Waals surface area (Å²) in [5.74, 6) is -0.278. The molecule has 0 spiro atoms. The fraction of sp³-hybridized carbons (Fsp3) is 0.533. The van der Waals surface area contributed by atoms with Crippen LogP contribution >= 0.6 is 0 Å². The third kappa shape index (κ3) is 2.32. The van der Waals surface area contributed by atoms with Gasteiger partial charge < -0.3 is 15.0 Å². The summed E-state index contributed by atoms with van der Waals surface area (Å²) < 4.78 is 4.88. The molecule has 1 saturated heterocycles. The Balaban J connectivity index is 2.40. The number of methoxy groups -OCH3 is 1. The van der Waals surface area contributed by atoms with Crippen molar-refractivity contribution in [3.05, 3.63) is 29.8 Å². The number of nitrogens with one attached hydrogen (secondary N) is 1. The van der Waals surface area contributed by atoms with Crippen LogP contribution in [0.25, 0.3) is 0 Å². The van der Waals surface area contributed by atoms with Gasteiger partial charge in [-0.25, -0.2) is 4.79 Å². The van der Waals surface area contributed by atoms with Crippen LogP contribution in [-0.2, 0) is 4.74 Å². The molecule has 0 radical (unpaired) electrons. The molecule has 2 rings (SSSR count). The van der Waals surface area contributed by atoms with Crippen molar-refractivity contribution < 1.29 is 9.53 Å². The Morgan fingerprint density at radius 3 is 2.68 bits per heavy atom. The van der Waals surface area contributed by atoms with Gasteiger partial charge in [0.2, 0.25) is 0 Å². The average Bonchev–Trinajstić information content (AvgIpc) is 2.72. The van der Waals surface area contributed by atoms with Gasteiger partial charge in [0.05, 0.1) is 18.4 Å². The fourth-order valence-electron chi connectivity index (χ4n) is 3.01. The SMILES string of the molecule is CNC1CCN(c2ccccc2C(=O)OC)C1(C)C. The first-order valence-corrected chi connectivity index (χ1v) is 6.64. The first kappa shape index (κ1) is 13.9. The van der Waals surface area contributed by atoms with Crippen LogP contribution in [0.4, 0.5) is 5.69 Å². The van der Waals surface area contributed by atoms with E-state index in [9.17, 15) is 4.79 Å².